The van der Waals surface area contributed by atoms with Crippen molar-refractivity contribution in [2.75, 3.05) is 0 Å². The molecule has 1 heterocycles. The zero-order valence-corrected chi connectivity index (χ0v) is 9.44. The molecule has 1 aromatic heterocycles. The highest BCUT2D eigenvalue weighted by Gasteiger charge is 2.07. The van der Waals surface area contributed by atoms with Gasteiger partial charge in [0.2, 0.25) is 0 Å². The summed E-state index contributed by atoms with van der Waals surface area (Å²) < 4.78 is 2.13. The lowest BCUT2D eigenvalue weighted by Crippen LogP contribution is -1.93. The van der Waals surface area contributed by atoms with E-state index < -0.39 is 0 Å². The number of rotatable bonds is 2. The molecule has 0 amide bonds. The lowest BCUT2D eigenvalue weighted by atomic mass is 10.2. The van der Waals surface area contributed by atoms with Gasteiger partial charge in [-0.15, -0.1) is 0 Å². The molecule has 0 saturated heterocycles. The largest absolute Gasteiger partial charge is 0.304 e. The van der Waals surface area contributed by atoms with Gasteiger partial charge in [0.15, 0.2) is 0 Å². The van der Waals surface area contributed by atoms with Crippen LogP contribution in [0.15, 0.2) is 36.5 Å². The van der Waals surface area contributed by atoms with E-state index in [1.165, 1.54) is 5.69 Å². The zero-order valence-electron chi connectivity index (χ0n) is 9.44. The molecule has 0 spiro atoms. The topological polar surface area (TPSA) is 17.8 Å². The summed E-state index contributed by atoms with van der Waals surface area (Å²) in [7, 11) is 0. The number of hydrogen-bond donors (Lipinski definition) is 0. The highest BCUT2D eigenvalue weighted by Crippen LogP contribution is 2.17. The molecule has 78 valence electrons. The maximum absolute atomic E-state index is 4.55. The third-order valence-electron chi connectivity index (χ3n) is 2.53. The molecule has 0 bridgehead atoms. The minimum atomic E-state index is 0.480. The van der Waals surface area contributed by atoms with Crippen molar-refractivity contribution in [1.29, 1.82) is 0 Å². The quantitative estimate of drug-likeness (QED) is 0.727. The van der Waals surface area contributed by atoms with Gasteiger partial charge in [-0.05, 0) is 25.0 Å². The molecule has 0 aliphatic rings. The molecule has 0 aliphatic heterocycles. The van der Waals surface area contributed by atoms with Gasteiger partial charge in [0.25, 0.3) is 0 Å². The van der Waals surface area contributed by atoms with Crippen LogP contribution in [-0.4, -0.2) is 9.55 Å². The van der Waals surface area contributed by atoms with Crippen molar-refractivity contribution < 1.29 is 0 Å². The lowest BCUT2D eigenvalue weighted by Gasteiger charge is -2.03. The normalized spacial score (nSPS) is 10.9. The van der Waals surface area contributed by atoms with Crippen molar-refractivity contribution >= 4 is 0 Å². The van der Waals surface area contributed by atoms with E-state index in [0.29, 0.717) is 5.92 Å². The van der Waals surface area contributed by atoms with Crippen LogP contribution in [0.5, 0.6) is 0 Å². The Bertz CT molecular complexity index is 441. The second-order valence-electron chi connectivity index (χ2n) is 4.07. The van der Waals surface area contributed by atoms with Gasteiger partial charge in [-0.2, -0.15) is 0 Å². The predicted octanol–water partition coefficient (Wildman–Crippen LogP) is 3.30. The van der Waals surface area contributed by atoms with Crippen LogP contribution in [0, 0.1) is 6.92 Å². The summed E-state index contributed by atoms with van der Waals surface area (Å²) in [6, 6.07) is 10.3. The number of aromatic nitrogens is 2. The van der Waals surface area contributed by atoms with Crippen molar-refractivity contribution in [2.45, 2.75) is 26.7 Å². The Morgan fingerprint density at radius 1 is 1.13 bits per heavy atom. The smallest absolute Gasteiger partial charge is 0.110 e. The summed E-state index contributed by atoms with van der Waals surface area (Å²) >= 11 is 0. The van der Waals surface area contributed by atoms with Crippen LogP contribution in [0.3, 0.4) is 0 Å². The molecule has 0 N–H and O–H groups in total. The van der Waals surface area contributed by atoms with E-state index in [1.54, 1.807) is 0 Å². The van der Waals surface area contributed by atoms with Gasteiger partial charge in [-0.25, -0.2) is 4.98 Å². The van der Waals surface area contributed by atoms with E-state index in [1.807, 2.05) is 25.1 Å². The number of hydrogen-bond acceptors (Lipinski definition) is 1. The number of nitrogens with zero attached hydrogens (tertiary/aromatic N) is 2. The average molecular weight is 200 g/mol. The summed E-state index contributed by atoms with van der Waals surface area (Å²) in [6.45, 7) is 6.37. The molecule has 0 fully saturated rings. The number of aryl methyl sites for hydroxylation is 1. The van der Waals surface area contributed by atoms with Gasteiger partial charge in [0.1, 0.15) is 5.82 Å². The Balaban J connectivity index is 2.45. The highest BCUT2D eigenvalue weighted by molar-refractivity contribution is 5.33. The fraction of sp³-hybridized carbons (Fsp3) is 0.308. The molecule has 2 nitrogen and oxygen atoms in total. The van der Waals surface area contributed by atoms with Gasteiger partial charge in [0.05, 0.1) is 5.69 Å². The molecule has 1 aromatic carbocycles. The van der Waals surface area contributed by atoms with Crippen LogP contribution in [0.1, 0.15) is 31.3 Å². The van der Waals surface area contributed by atoms with Crippen LogP contribution in [-0.2, 0) is 0 Å². The van der Waals surface area contributed by atoms with E-state index in [0.717, 1.165) is 11.5 Å². The van der Waals surface area contributed by atoms with Crippen molar-refractivity contribution in [3.63, 3.8) is 0 Å². The Labute approximate surface area is 90.6 Å². The summed E-state index contributed by atoms with van der Waals surface area (Å²) in [5, 5.41) is 0. The van der Waals surface area contributed by atoms with Gasteiger partial charge in [0, 0.05) is 11.9 Å². The molecule has 0 unspecified atom stereocenters. The molecule has 0 radical (unpaired) electrons. The highest BCUT2D eigenvalue weighted by atomic mass is 15.1. The summed E-state index contributed by atoms with van der Waals surface area (Å²) in [4.78, 5) is 4.55. The summed E-state index contributed by atoms with van der Waals surface area (Å²) in [6.07, 6.45) is 2.12. The molecule has 2 rings (SSSR count). The molecular weight excluding hydrogens is 184 g/mol. The first kappa shape index (κ1) is 9.97. The Hall–Kier alpha value is -1.57. The van der Waals surface area contributed by atoms with E-state index >= 15 is 0 Å². The first-order valence-corrected chi connectivity index (χ1v) is 5.30. The fourth-order valence-electron chi connectivity index (χ4n) is 1.62. The molecule has 15 heavy (non-hydrogen) atoms. The van der Waals surface area contributed by atoms with E-state index in [4.69, 9.17) is 0 Å². The second-order valence-corrected chi connectivity index (χ2v) is 4.07. The lowest BCUT2D eigenvalue weighted by molar-refractivity contribution is 0.828. The zero-order chi connectivity index (χ0) is 10.8. The first-order valence-electron chi connectivity index (χ1n) is 5.30. The van der Waals surface area contributed by atoms with Gasteiger partial charge in [-0.1, -0.05) is 32.0 Å². The van der Waals surface area contributed by atoms with Crippen LogP contribution in [0.25, 0.3) is 5.69 Å². The second kappa shape index (κ2) is 3.89. The maximum Gasteiger partial charge on any atom is 0.110 e. The third kappa shape index (κ3) is 1.94. The third-order valence-corrected chi connectivity index (χ3v) is 2.53. The van der Waals surface area contributed by atoms with Crippen molar-refractivity contribution in [3.8, 4) is 5.69 Å². The Kier molecular flexibility index (Phi) is 2.58. The standard InChI is InChI=1S/C13H16N2/c1-10(2)13-9-15(11(3)14-13)12-7-5-4-6-8-12/h4-10H,1-3H3. The van der Waals surface area contributed by atoms with Gasteiger partial charge < -0.3 is 4.57 Å². The van der Waals surface area contributed by atoms with Gasteiger partial charge >= 0.3 is 0 Å². The molecule has 2 heteroatoms. The summed E-state index contributed by atoms with van der Waals surface area (Å²) in [5.41, 5.74) is 2.32. The van der Waals surface area contributed by atoms with E-state index in [2.05, 4.69) is 41.7 Å². The van der Waals surface area contributed by atoms with Crippen LogP contribution in [0.4, 0.5) is 0 Å². The fourth-order valence-corrected chi connectivity index (χ4v) is 1.62. The number of benzene rings is 1. The first-order chi connectivity index (χ1) is 7.18. The molecule has 0 aliphatic carbocycles. The molecule has 0 atom stereocenters. The SMILES string of the molecule is Cc1nc(C(C)C)cn1-c1ccccc1. The minimum Gasteiger partial charge on any atom is -0.304 e. The monoisotopic (exact) mass is 200 g/mol. The van der Waals surface area contributed by atoms with Crippen LogP contribution in [0.2, 0.25) is 0 Å². The average Bonchev–Trinajstić information content (AvgIpc) is 2.62. The molecule has 0 saturated carbocycles. The van der Waals surface area contributed by atoms with E-state index in [9.17, 15) is 0 Å². The number of imidazole rings is 1. The number of para-hydroxylation sites is 1. The van der Waals surface area contributed by atoms with Crippen molar-refractivity contribution in [1.82, 2.24) is 9.55 Å². The van der Waals surface area contributed by atoms with Crippen molar-refractivity contribution in [3.05, 3.63) is 48.0 Å². The molecular formula is C13H16N2. The Morgan fingerprint density at radius 3 is 2.33 bits per heavy atom. The maximum atomic E-state index is 4.55. The molecule has 2 aromatic rings. The van der Waals surface area contributed by atoms with Crippen molar-refractivity contribution in [2.24, 2.45) is 0 Å². The van der Waals surface area contributed by atoms with E-state index in [-0.39, 0.29) is 0 Å². The predicted molar refractivity (Wildman–Crippen MR) is 62.4 cm³/mol. The Morgan fingerprint density at radius 2 is 1.80 bits per heavy atom. The van der Waals surface area contributed by atoms with Gasteiger partial charge in [-0.3, -0.25) is 0 Å². The minimum absolute atomic E-state index is 0.480. The summed E-state index contributed by atoms with van der Waals surface area (Å²) in [5.74, 6) is 1.53. The van der Waals surface area contributed by atoms with Crippen LogP contribution < -0.4 is 0 Å². The van der Waals surface area contributed by atoms with Crippen LogP contribution >= 0.6 is 0 Å².